The number of piperazine rings is 1. The van der Waals surface area contributed by atoms with Crippen LogP contribution in [0.2, 0.25) is 0 Å². The largest absolute Gasteiger partial charge is 0.497 e. The molecule has 2 aromatic carbocycles. The molecule has 10 heteroatoms. The summed E-state index contributed by atoms with van der Waals surface area (Å²) in [6.07, 6.45) is 3.34. The van der Waals surface area contributed by atoms with Crippen molar-refractivity contribution >= 4 is 34.9 Å². The third-order valence-corrected chi connectivity index (χ3v) is 6.64. The van der Waals surface area contributed by atoms with Crippen LogP contribution in [0.5, 0.6) is 17.2 Å². The molecule has 1 N–H and O–H groups in total. The molecular formula is C25H29N5O4S. The van der Waals surface area contributed by atoms with Gasteiger partial charge in [-0.15, -0.1) is 0 Å². The Morgan fingerprint density at radius 3 is 2.37 bits per heavy atom. The molecule has 4 rings (SSSR count). The summed E-state index contributed by atoms with van der Waals surface area (Å²) in [6, 6.07) is 13.3. The molecule has 1 aliphatic heterocycles. The molecule has 1 aliphatic rings. The first-order valence-corrected chi connectivity index (χ1v) is 12.2. The Labute approximate surface area is 209 Å². The summed E-state index contributed by atoms with van der Waals surface area (Å²) in [5.74, 6) is 2.90. The molecule has 1 fully saturated rings. The molecule has 35 heavy (non-hydrogen) atoms. The van der Waals surface area contributed by atoms with Crippen molar-refractivity contribution in [3.63, 3.8) is 0 Å². The minimum absolute atomic E-state index is 0.156. The predicted octanol–water partition coefficient (Wildman–Crippen LogP) is 3.56. The molecular weight excluding hydrogens is 466 g/mol. The van der Waals surface area contributed by atoms with E-state index in [0.29, 0.717) is 17.2 Å². The van der Waals surface area contributed by atoms with Gasteiger partial charge >= 0.3 is 0 Å². The zero-order valence-electron chi connectivity index (χ0n) is 20.1. The molecule has 0 radical (unpaired) electrons. The van der Waals surface area contributed by atoms with Crippen LogP contribution in [0.1, 0.15) is 0 Å². The second kappa shape index (κ2) is 11.7. The third-order valence-electron chi connectivity index (χ3n) is 5.67. The Balaban J connectivity index is 1.37. The second-order valence-electron chi connectivity index (χ2n) is 7.73. The standard InChI is InChI=1S/C25H29N5O4S/c1-32-18-8-9-19(22(16-18)34-3)28-23(31)17-35-25-24(26-10-11-27-25)30-14-12-29(13-15-30)20-6-4-5-7-21(20)33-2/h4-11,16H,12-15,17H2,1-3H3,(H,28,31). The fraction of sp³-hybridized carbons (Fsp3) is 0.320. The van der Waals surface area contributed by atoms with Crippen molar-refractivity contribution in [2.45, 2.75) is 5.03 Å². The number of methoxy groups -OCH3 is 3. The van der Waals surface area contributed by atoms with Gasteiger partial charge in [0, 0.05) is 44.6 Å². The van der Waals surface area contributed by atoms with Gasteiger partial charge < -0.3 is 29.3 Å². The normalized spacial score (nSPS) is 13.3. The van der Waals surface area contributed by atoms with E-state index >= 15 is 0 Å². The second-order valence-corrected chi connectivity index (χ2v) is 8.70. The van der Waals surface area contributed by atoms with Crippen molar-refractivity contribution in [3.8, 4) is 17.2 Å². The zero-order valence-corrected chi connectivity index (χ0v) is 20.9. The highest BCUT2D eigenvalue weighted by Crippen LogP contribution is 2.32. The number of carbonyl (C=O) groups is 1. The molecule has 0 aliphatic carbocycles. The molecule has 0 saturated carbocycles. The average molecular weight is 496 g/mol. The quantitative estimate of drug-likeness (QED) is 0.448. The van der Waals surface area contributed by atoms with E-state index in [2.05, 4.69) is 31.2 Å². The van der Waals surface area contributed by atoms with E-state index < -0.39 is 0 Å². The van der Waals surface area contributed by atoms with Crippen molar-refractivity contribution in [1.82, 2.24) is 9.97 Å². The van der Waals surface area contributed by atoms with Crippen molar-refractivity contribution in [3.05, 3.63) is 54.9 Å². The van der Waals surface area contributed by atoms with Gasteiger partial charge in [0.25, 0.3) is 0 Å². The molecule has 0 unspecified atom stereocenters. The summed E-state index contributed by atoms with van der Waals surface area (Å²) >= 11 is 1.37. The Morgan fingerprint density at radius 1 is 0.914 bits per heavy atom. The molecule has 3 aromatic rings. The number of carbonyl (C=O) groups excluding carboxylic acids is 1. The topological polar surface area (TPSA) is 89.0 Å². The minimum Gasteiger partial charge on any atom is -0.497 e. The van der Waals surface area contributed by atoms with Gasteiger partial charge in [-0.25, -0.2) is 9.97 Å². The highest BCUT2D eigenvalue weighted by Gasteiger charge is 2.23. The molecule has 184 valence electrons. The lowest BCUT2D eigenvalue weighted by Crippen LogP contribution is -2.47. The van der Waals surface area contributed by atoms with Crippen molar-refractivity contribution in [2.24, 2.45) is 0 Å². The molecule has 1 aromatic heterocycles. The number of aromatic nitrogens is 2. The number of hydrogen-bond donors (Lipinski definition) is 1. The first kappa shape index (κ1) is 24.5. The molecule has 9 nitrogen and oxygen atoms in total. The lowest BCUT2D eigenvalue weighted by atomic mass is 10.2. The summed E-state index contributed by atoms with van der Waals surface area (Å²) in [5, 5.41) is 3.63. The van der Waals surface area contributed by atoms with Gasteiger partial charge in [0.2, 0.25) is 5.91 Å². The number of rotatable bonds is 9. The number of amides is 1. The van der Waals surface area contributed by atoms with Crippen molar-refractivity contribution < 1.29 is 19.0 Å². The van der Waals surface area contributed by atoms with Crippen LogP contribution in [0.3, 0.4) is 0 Å². The Hall–Kier alpha value is -3.66. The van der Waals surface area contributed by atoms with Crippen LogP contribution in [0.25, 0.3) is 0 Å². The van der Waals surface area contributed by atoms with E-state index in [1.807, 2.05) is 18.2 Å². The number of nitrogens with zero attached hydrogens (tertiary/aromatic N) is 4. The van der Waals surface area contributed by atoms with E-state index in [1.165, 1.54) is 11.8 Å². The van der Waals surface area contributed by atoms with Crippen LogP contribution < -0.4 is 29.3 Å². The summed E-state index contributed by atoms with van der Waals surface area (Å²) < 4.78 is 16.1. The Morgan fingerprint density at radius 2 is 1.63 bits per heavy atom. The van der Waals surface area contributed by atoms with Crippen LogP contribution >= 0.6 is 11.8 Å². The number of para-hydroxylation sites is 2. The summed E-state index contributed by atoms with van der Waals surface area (Å²) in [4.78, 5) is 26.3. The maximum atomic E-state index is 12.7. The third kappa shape index (κ3) is 5.89. The van der Waals surface area contributed by atoms with Gasteiger partial charge in [-0.1, -0.05) is 23.9 Å². The Bertz CT molecular complexity index is 1150. The number of anilines is 3. The van der Waals surface area contributed by atoms with E-state index in [0.717, 1.165) is 48.5 Å². The summed E-state index contributed by atoms with van der Waals surface area (Å²) in [7, 11) is 4.83. The molecule has 1 amide bonds. The number of thioether (sulfide) groups is 1. The van der Waals surface area contributed by atoms with Gasteiger partial charge in [0.05, 0.1) is 38.5 Å². The monoisotopic (exact) mass is 495 g/mol. The van der Waals surface area contributed by atoms with Crippen LogP contribution in [-0.4, -0.2) is 69.1 Å². The maximum Gasteiger partial charge on any atom is 0.234 e. The number of hydrogen-bond acceptors (Lipinski definition) is 9. The van der Waals surface area contributed by atoms with Crippen molar-refractivity contribution in [1.29, 1.82) is 0 Å². The highest BCUT2D eigenvalue weighted by atomic mass is 32.2. The fourth-order valence-electron chi connectivity index (χ4n) is 3.91. The van der Waals surface area contributed by atoms with E-state index in [1.54, 1.807) is 51.9 Å². The van der Waals surface area contributed by atoms with Gasteiger partial charge in [-0.05, 0) is 24.3 Å². The molecule has 0 bridgehead atoms. The number of ether oxygens (including phenoxy) is 3. The van der Waals surface area contributed by atoms with Crippen LogP contribution in [0.4, 0.5) is 17.2 Å². The van der Waals surface area contributed by atoms with Crippen LogP contribution in [0.15, 0.2) is 59.9 Å². The summed E-state index contributed by atoms with van der Waals surface area (Å²) in [5.41, 5.74) is 1.68. The average Bonchev–Trinajstić information content (AvgIpc) is 2.92. The Kier molecular flexibility index (Phi) is 8.15. The SMILES string of the molecule is COc1ccc(NC(=O)CSc2nccnc2N2CCN(c3ccccc3OC)CC2)c(OC)c1. The minimum atomic E-state index is -0.156. The predicted molar refractivity (Wildman–Crippen MR) is 138 cm³/mol. The number of nitrogens with one attached hydrogen (secondary N) is 1. The molecule has 0 spiro atoms. The van der Waals surface area contributed by atoms with E-state index in [-0.39, 0.29) is 11.7 Å². The molecule has 0 atom stereocenters. The summed E-state index contributed by atoms with van der Waals surface area (Å²) in [6.45, 7) is 3.25. The van der Waals surface area contributed by atoms with E-state index in [9.17, 15) is 4.79 Å². The first-order chi connectivity index (χ1) is 17.1. The zero-order chi connectivity index (χ0) is 24.6. The lowest BCUT2D eigenvalue weighted by molar-refractivity contribution is -0.113. The van der Waals surface area contributed by atoms with Gasteiger partial charge in [-0.2, -0.15) is 0 Å². The van der Waals surface area contributed by atoms with Crippen LogP contribution in [0, 0.1) is 0 Å². The van der Waals surface area contributed by atoms with Crippen LogP contribution in [-0.2, 0) is 4.79 Å². The molecule has 2 heterocycles. The van der Waals surface area contributed by atoms with E-state index in [4.69, 9.17) is 14.2 Å². The van der Waals surface area contributed by atoms with Gasteiger partial charge in [0.15, 0.2) is 5.82 Å². The van der Waals surface area contributed by atoms with Crippen molar-refractivity contribution in [2.75, 3.05) is 68.4 Å². The molecule has 1 saturated heterocycles. The maximum absolute atomic E-state index is 12.7. The van der Waals surface area contributed by atoms with Gasteiger partial charge in [0.1, 0.15) is 22.3 Å². The lowest BCUT2D eigenvalue weighted by Gasteiger charge is -2.37. The first-order valence-electron chi connectivity index (χ1n) is 11.2. The smallest absolute Gasteiger partial charge is 0.234 e. The number of benzene rings is 2. The van der Waals surface area contributed by atoms with Gasteiger partial charge in [-0.3, -0.25) is 4.79 Å². The highest BCUT2D eigenvalue weighted by molar-refractivity contribution is 8.00. The fourth-order valence-corrected chi connectivity index (χ4v) is 4.70.